The predicted octanol–water partition coefficient (Wildman–Crippen LogP) is 2.82. The lowest BCUT2D eigenvalue weighted by atomic mass is 9.85. The molecule has 1 heterocycles. The van der Waals surface area contributed by atoms with Crippen LogP contribution in [0.4, 0.5) is 0 Å². The Labute approximate surface area is 118 Å². The highest BCUT2D eigenvalue weighted by Crippen LogP contribution is 2.35. The Morgan fingerprint density at radius 1 is 1.28 bits per heavy atom. The van der Waals surface area contributed by atoms with Gasteiger partial charge in [-0.15, -0.1) is 0 Å². The van der Waals surface area contributed by atoms with Gasteiger partial charge in [-0.05, 0) is 39.0 Å². The Morgan fingerprint density at radius 2 is 1.94 bits per heavy atom. The highest BCUT2D eigenvalue weighted by atomic mass is 79.9. The molecule has 2 fully saturated rings. The Kier molecular flexibility index (Phi) is 4.70. The van der Waals surface area contributed by atoms with E-state index in [0.29, 0.717) is 17.9 Å². The van der Waals surface area contributed by atoms with Crippen molar-refractivity contribution in [2.75, 3.05) is 11.9 Å². The largest absolute Gasteiger partial charge is 0.374 e. The minimum absolute atomic E-state index is 0.0413. The summed E-state index contributed by atoms with van der Waals surface area (Å²) in [5, 5.41) is 0.862. The first-order valence-corrected chi connectivity index (χ1v) is 8.20. The number of rotatable bonds is 4. The van der Waals surface area contributed by atoms with Crippen molar-refractivity contribution in [3.8, 4) is 0 Å². The van der Waals surface area contributed by atoms with E-state index in [-0.39, 0.29) is 18.1 Å². The van der Waals surface area contributed by atoms with Gasteiger partial charge in [0, 0.05) is 17.9 Å². The van der Waals surface area contributed by atoms with Crippen molar-refractivity contribution in [2.45, 2.75) is 58.3 Å². The van der Waals surface area contributed by atoms with Crippen LogP contribution in [0.25, 0.3) is 0 Å². The predicted molar refractivity (Wildman–Crippen MR) is 75.8 cm³/mol. The van der Waals surface area contributed by atoms with E-state index in [1.807, 2.05) is 6.92 Å². The van der Waals surface area contributed by atoms with Crippen molar-refractivity contribution >= 4 is 21.8 Å². The smallest absolute Gasteiger partial charge is 0.228 e. The number of carbonyl (C=O) groups is 1. The molecule has 1 saturated carbocycles. The van der Waals surface area contributed by atoms with Gasteiger partial charge in [0.25, 0.3) is 0 Å². The van der Waals surface area contributed by atoms with E-state index in [2.05, 4.69) is 34.7 Å². The van der Waals surface area contributed by atoms with Gasteiger partial charge in [0.1, 0.15) is 0 Å². The van der Waals surface area contributed by atoms with Gasteiger partial charge < -0.3 is 9.64 Å². The topological polar surface area (TPSA) is 29.5 Å². The van der Waals surface area contributed by atoms with Crippen molar-refractivity contribution in [2.24, 2.45) is 11.8 Å². The Hall–Kier alpha value is -0.0900. The summed E-state index contributed by atoms with van der Waals surface area (Å²) in [6.07, 6.45) is 3.86. The van der Waals surface area contributed by atoms with Crippen molar-refractivity contribution in [1.82, 2.24) is 4.90 Å². The van der Waals surface area contributed by atoms with Gasteiger partial charge in [-0.2, -0.15) is 0 Å². The first kappa shape index (κ1) is 14.3. The molecule has 1 aliphatic carbocycles. The number of ether oxygens (including phenoxy) is 1. The summed E-state index contributed by atoms with van der Waals surface area (Å²) in [5.41, 5.74) is 0. The third kappa shape index (κ3) is 2.60. The number of hydrogen-bond donors (Lipinski definition) is 0. The van der Waals surface area contributed by atoms with Crippen LogP contribution in [0.1, 0.15) is 40.0 Å². The Morgan fingerprint density at radius 3 is 2.33 bits per heavy atom. The second-order valence-electron chi connectivity index (χ2n) is 5.74. The molecule has 4 atom stereocenters. The van der Waals surface area contributed by atoms with E-state index in [1.165, 1.54) is 19.3 Å². The van der Waals surface area contributed by atoms with Gasteiger partial charge in [0.15, 0.2) is 0 Å². The molecule has 0 aromatic heterocycles. The van der Waals surface area contributed by atoms with Crippen LogP contribution in [-0.2, 0) is 9.53 Å². The number of halogens is 1. The van der Waals surface area contributed by atoms with E-state index in [0.717, 1.165) is 11.9 Å². The minimum atomic E-state index is 0.0413. The Bertz CT molecular complexity index is 306. The number of alkyl halides is 1. The van der Waals surface area contributed by atoms with Gasteiger partial charge >= 0.3 is 0 Å². The maximum Gasteiger partial charge on any atom is 0.228 e. The highest BCUT2D eigenvalue weighted by molar-refractivity contribution is 9.09. The SMILES string of the molecule is CC1OC(C)C(C(=O)N(CCBr)C2CCC2)C1C. The van der Waals surface area contributed by atoms with E-state index in [4.69, 9.17) is 4.74 Å². The van der Waals surface area contributed by atoms with Crippen LogP contribution in [0.3, 0.4) is 0 Å². The molecule has 2 rings (SSSR count). The average Bonchev–Trinajstić information content (AvgIpc) is 2.49. The number of carbonyl (C=O) groups excluding carboxylic acids is 1. The quantitative estimate of drug-likeness (QED) is 0.746. The first-order chi connectivity index (χ1) is 8.56. The summed E-state index contributed by atoms with van der Waals surface area (Å²) < 4.78 is 5.81. The summed E-state index contributed by atoms with van der Waals surface area (Å²) in [6.45, 7) is 7.08. The maximum absolute atomic E-state index is 12.8. The summed E-state index contributed by atoms with van der Waals surface area (Å²) in [6, 6.07) is 0.477. The highest BCUT2D eigenvalue weighted by Gasteiger charge is 2.44. The zero-order valence-corrected chi connectivity index (χ0v) is 13.1. The molecule has 4 heteroatoms. The molecular formula is C14H24BrNO2. The third-order valence-electron chi connectivity index (χ3n) is 4.65. The molecular weight excluding hydrogens is 294 g/mol. The maximum atomic E-state index is 12.8. The van der Waals surface area contributed by atoms with Crippen LogP contribution in [0.5, 0.6) is 0 Å². The Balaban J connectivity index is 2.07. The fourth-order valence-corrected chi connectivity index (χ4v) is 3.53. The zero-order valence-electron chi connectivity index (χ0n) is 11.6. The molecule has 18 heavy (non-hydrogen) atoms. The second-order valence-corrected chi connectivity index (χ2v) is 6.53. The van der Waals surface area contributed by atoms with Gasteiger partial charge in [0.2, 0.25) is 5.91 Å². The van der Waals surface area contributed by atoms with Crippen LogP contribution < -0.4 is 0 Å². The molecule has 3 nitrogen and oxygen atoms in total. The van der Waals surface area contributed by atoms with Gasteiger partial charge in [-0.1, -0.05) is 22.9 Å². The zero-order chi connectivity index (χ0) is 13.3. The van der Waals surface area contributed by atoms with Gasteiger partial charge in [0.05, 0.1) is 18.1 Å². The molecule has 0 aromatic rings. The summed E-state index contributed by atoms with van der Waals surface area (Å²) >= 11 is 3.47. The van der Waals surface area contributed by atoms with E-state index in [9.17, 15) is 4.79 Å². The third-order valence-corrected chi connectivity index (χ3v) is 5.01. The van der Waals surface area contributed by atoms with Crippen LogP contribution in [0.2, 0.25) is 0 Å². The fourth-order valence-electron chi connectivity index (χ4n) is 3.15. The molecule has 0 aromatic carbocycles. The number of hydrogen-bond acceptors (Lipinski definition) is 2. The van der Waals surface area contributed by atoms with Crippen molar-refractivity contribution in [1.29, 1.82) is 0 Å². The van der Waals surface area contributed by atoms with E-state index >= 15 is 0 Å². The normalized spacial score (nSPS) is 36.4. The molecule has 4 unspecified atom stereocenters. The summed E-state index contributed by atoms with van der Waals surface area (Å²) in [5.74, 6) is 0.675. The molecule has 0 bridgehead atoms. The van der Waals surface area contributed by atoms with Crippen molar-refractivity contribution in [3.05, 3.63) is 0 Å². The van der Waals surface area contributed by atoms with Crippen LogP contribution >= 0.6 is 15.9 Å². The lowest BCUT2D eigenvalue weighted by Gasteiger charge is -2.39. The van der Waals surface area contributed by atoms with E-state index in [1.54, 1.807) is 0 Å². The lowest BCUT2D eigenvalue weighted by Crippen LogP contribution is -2.49. The van der Waals surface area contributed by atoms with Crippen molar-refractivity contribution < 1.29 is 9.53 Å². The average molecular weight is 318 g/mol. The molecule has 0 spiro atoms. The molecule has 2 aliphatic rings. The fraction of sp³-hybridized carbons (Fsp3) is 0.929. The van der Waals surface area contributed by atoms with Crippen molar-refractivity contribution in [3.63, 3.8) is 0 Å². The van der Waals surface area contributed by atoms with Crippen LogP contribution in [0.15, 0.2) is 0 Å². The number of nitrogens with zero attached hydrogens (tertiary/aromatic N) is 1. The monoisotopic (exact) mass is 317 g/mol. The van der Waals surface area contributed by atoms with Crippen LogP contribution in [0, 0.1) is 11.8 Å². The van der Waals surface area contributed by atoms with Gasteiger partial charge in [-0.3, -0.25) is 4.79 Å². The lowest BCUT2D eigenvalue weighted by molar-refractivity contribution is -0.141. The minimum Gasteiger partial charge on any atom is -0.374 e. The first-order valence-electron chi connectivity index (χ1n) is 7.08. The second kappa shape index (κ2) is 5.91. The van der Waals surface area contributed by atoms with Gasteiger partial charge in [-0.25, -0.2) is 0 Å². The van der Waals surface area contributed by atoms with Crippen LogP contribution in [-0.4, -0.2) is 40.9 Å². The van der Waals surface area contributed by atoms with E-state index < -0.39 is 0 Å². The summed E-state index contributed by atoms with van der Waals surface area (Å²) in [7, 11) is 0. The molecule has 104 valence electrons. The molecule has 0 N–H and O–H groups in total. The standard InChI is InChI=1S/C14H24BrNO2/c1-9-10(2)18-11(3)13(9)14(17)16(8-7-15)12-5-4-6-12/h9-13H,4-8H2,1-3H3. The summed E-state index contributed by atoms with van der Waals surface area (Å²) in [4.78, 5) is 14.9. The number of amides is 1. The molecule has 1 aliphatic heterocycles. The molecule has 1 saturated heterocycles. The molecule has 1 amide bonds. The molecule has 0 radical (unpaired) electrons.